The largest absolute Gasteiger partial charge is 0.354 e. The Labute approximate surface area is 90.5 Å². The molecule has 0 saturated heterocycles. The van der Waals surface area contributed by atoms with E-state index in [2.05, 4.69) is 0 Å². The molecule has 16 heavy (non-hydrogen) atoms. The quantitative estimate of drug-likeness (QED) is 0.720. The van der Waals surface area contributed by atoms with Crippen molar-refractivity contribution in [2.45, 2.75) is 17.4 Å². The minimum absolute atomic E-state index is 0.0574. The molecule has 0 aliphatic carbocycles. The number of hydrogen-bond acceptors (Lipinski definition) is 4. The van der Waals surface area contributed by atoms with Gasteiger partial charge in [-0.15, -0.1) is 0 Å². The molecule has 0 saturated carbocycles. The third-order valence-corrected chi connectivity index (χ3v) is 4.68. The van der Waals surface area contributed by atoms with Gasteiger partial charge >= 0.3 is 10.5 Å². The molecule has 0 fully saturated rings. The van der Waals surface area contributed by atoms with E-state index in [1.807, 2.05) is 0 Å². The molecule has 4 nitrogen and oxygen atoms in total. The Balaban J connectivity index is 5.66. The average molecular weight is 286 g/mol. The average Bonchev–Trinajstić information content (AvgIpc) is 1.98. The minimum atomic E-state index is -5.12. The van der Waals surface area contributed by atoms with E-state index in [1.54, 1.807) is 0 Å². The van der Waals surface area contributed by atoms with Gasteiger partial charge in [-0.2, -0.15) is 17.6 Å². The van der Waals surface area contributed by atoms with Crippen molar-refractivity contribution in [3.8, 4) is 0 Å². The van der Waals surface area contributed by atoms with Crippen LogP contribution in [0.4, 0.5) is 17.6 Å². The molecule has 0 atom stereocenters. The molecular formula is C6H10F4O4S2. The first-order chi connectivity index (χ1) is 6.65. The summed E-state index contributed by atoms with van der Waals surface area (Å²) in [5, 5.41) is -9.64. The van der Waals surface area contributed by atoms with Gasteiger partial charge in [0.2, 0.25) is 19.7 Å². The van der Waals surface area contributed by atoms with Gasteiger partial charge < -0.3 is 0 Å². The Morgan fingerprint density at radius 3 is 1.12 bits per heavy atom. The van der Waals surface area contributed by atoms with Crippen LogP contribution in [0.25, 0.3) is 0 Å². The van der Waals surface area contributed by atoms with Crippen LogP contribution in [0.15, 0.2) is 0 Å². The molecule has 0 aromatic rings. The van der Waals surface area contributed by atoms with Gasteiger partial charge in [0.1, 0.15) is 5.92 Å². The van der Waals surface area contributed by atoms with E-state index in [0.717, 1.165) is 0 Å². The van der Waals surface area contributed by atoms with E-state index >= 15 is 0 Å². The molecule has 0 heterocycles. The predicted octanol–water partition coefficient (Wildman–Crippen LogP) is 0.897. The Kier molecular flexibility index (Phi) is 3.74. The molecule has 10 heteroatoms. The van der Waals surface area contributed by atoms with Crippen LogP contribution in [0, 0.1) is 5.92 Å². The van der Waals surface area contributed by atoms with Crippen molar-refractivity contribution in [1.82, 2.24) is 0 Å². The first-order valence-electron chi connectivity index (χ1n) is 3.80. The van der Waals surface area contributed by atoms with Crippen molar-refractivity contribution in [3.63, 3.8) is 0 Å². The second-order valence-electron chi connectivity index (χ2n) is 3.39. The fraction of sp³-hybridized carbons (Fsp3) is 1.00. The SMILES string of the molecule is CC(C(F)(F)S(C)(=O)=O)C(F)(F)S(C)(=O)=O. The molecule has 98 valence electrons. The van der Waals surface area contributed by atoms with Crippen molar-refractivity contribution in [1.29, 1.82) is 0 Å². The van der Waals surface area contributed by atoms with Crippen LogP contribution in [0.2, 0.25) is 0 Å². The molecule has 0 unspecified atom stereocenters. The summed E-state index contributed by atoms with van der Waals surface area (Å²) in [6.45, 7) is 0.169. The van der Waals surface area contributed by atoms with Crippen molar-refractivity contribution in [2.75, 3.05) is 12.5 Å². The lowest BCUT2D eigenvalue weighted by Gasteiger charge is -2.27. The number of sulfone groups is 2. The third kappa shape index (κ3) is 2.47. The molecule has 0 aliphatic rings. The van der Waals surface area contributed by atoms with Gasteiger partial charge in [0.25, 0.3) is 0 Å². The lowest BCUT2D eigenvalue weighted by molar-refractivity contribution is -0.0726. The molecule has 0 aromatic carbocycles. The Bertz CT molecular complexity index is 421. The lowest BCUT2D eigenvalue weighted by Crippen LogP contribution is -2.48. The molecule has 0 amide bonds. The van der Waals surface area contributed by atoms with Gasteiger partial charge in [0.15, 0.2) is 0 Å². The zero-order valence-electron chi connectivity index (χ0n) is 8.54. The maximum atomic E-state index is 13.0. The Morgan fingerprint density at radius 2 is 1.00 bits per heavy atom. The fourth-order valence-electron chi connectivity index (χ4n) is 0.838. The third-order valence-electron chi connectivity index (χ3n) is 2.00. The van der Waals surface area contributed by atoms with Crippen LogP contribution >= 0.6 is 0 Å². The lowest BCUT2D eigenvalue weighted by atomic mass is 10.2. The number of alkyl halides is 4. The Morgan fingerprint density at radius 1 is 0.812 bits per heavy atom. The summed E-state index contributed by atoms with van der Waals surface area (Å²) in [6, 6.07) is 0. The highest BCUT2D eigenvalue weighted by Gasteiger charge is 2.62. The number of halogens is 4. The summed E-state index contributed by atoms with van der Waals surface area (Å²) in [6.07, 6.45) is 0.115. The van der Waals surface area contributed by atoms with E-state index in [9.17, 15) is 34.4 Å². The monoisotopic (exact) mass is 286 g/mol. The van der Waals surface area contributed by atoms with Gasteiger partial charge in [-0.25, -0.2) is 16.8 Å². The van der Waals surface area contributed by atoms with Crippen molar-refractivity contribution in [3.05, 3.63) is 0 Å². The summed E-state index contributed by atoms with van der Waals surface area (Å²) in [4.78, 5) is 0. The highest BCUT2D eigenvalue weighted by Crippen LogP contribution is 2.42. The van der Waals surface area contributed by atoms with Crippen LogP contribution in [0.3, 0.4) is 0 Å². The van der Waals surface area contributed by atoms with E-state index in [1.165, 1.54) is 0 Å². The standard InChI is InChI=1S/C6H10F4O4S2/c1-4(5(7,8)15(2,11)12)6(9,10)16(3,13)14/h4H,1-3H3. The molecular weight excluding hydrogens is 276 g/mol. The second-order valence-corrected chi connectivity index (χ2v) is 7.57. The molecule has 0 rings (SSSR count). The van der Waals surface area contributed by atoms with Gasteiger partial charge in [-0.05, 0) is 6.92 Å². The molecule has 0 aliphatic heterocycles. The molecule has 0 bridgehead atoms. The molecule has 0 spiro atoms. The van der Waals surface area contributed by atoms with Crippen LogP contribution in [-0.2, 0) is 19.7 Å². The number of hydrogen-bond donors (Lipinski definition) is 0. The normalized spacial score (nSPS) is 15.5. The topological polar surface area (TPSA) is 68.3 Å². The summed E-state index contributed by atoms with van der Waals surface area (Å²) in [7, 11) is -10.2. The van der Waals surface area contributed by atoms with Crippen LogP contribution in [-0.4, -0.2) is 39.9 Å². The predicted molar refractivity (Wildman–Crippen MR) is 48.7 cm³/mol. The second kappa shape index (κ2) is 3.83. The molecule has 0 aromatic heterocycles. The van der Waals surface area contributed by atoms with Gasteiger partial charge in [0, 0.05) is 12.5 Å². The maximum Gasteiger partial charge on any atom is 0.354 e. The molecule has 0 radical (unpaired) electrons. The van der Waals surface area contributed by atoms with E-state index < -0.39 is 36.1 Å². The fourth-order valence-corrected chi connectivity index (χ4v) is 2.49. The van der Waals surface area contributed by atoms with Crippen LogP contribution in [0.1, 0.15) is 6.92 Å². The van der Waals surface area contributed by atoms with Gasteiger partial charge in [-0.1, -0.05) is 0 Å². The summed E-state index contributed by atoms with van der Waals surface area (Å²) >= 11 is 0. The summed E-state index contributed by atoms with van der Waals surface area (Å²) in [5.41, 5.74) is 0. The highest BCUT2D eigenvalue weighted by molar-refractivity contribution is 7.92. The smallest absolute Gasteiger partial charge is 0.223 e. The van der Waals surface area contributed by atoms with E-state index in [-0.39, 0.29) is 19.4 Å². The minimum Gasteiger partial charge on any atom is -0.223 e. The highest BCUT2D eigenvalue weighted by atomic mass is 32.2. The van der Waals surface area contributed by atoms with Crippen molar-refractivity contribution >= 4 is 19.7 Å². The van der Waals surface area contributed by atoms with Crippen LogP contribution < -0.4 is 0 Å². The zero-order valence-corrected chi connectivity index (χ0v) is 10.2. The summed E-state index contributed by atoms with van der Waals surface area (Å²) < 4.78 is 94.4. The molecule has 0 N–H and O–H groups in total. The van der Waals surface area contributed by atoms with E-state index in [4.69, 9.17) is 0 Å². The van der Waals surface area contributed by atoms with Crippen molar-refractivity contribution < 1.29 is 34.4 Å². The number of rotatable bonds is 4. The summed E-state index contributed by atoms with van der Waals surface area (Å²) in [5.74, 6) is -3.16. The zero-order chi connectivity index (χ0) is 13.6. The van der Waals surface area contributed by atoms with Crippen molar-refractivity contribution in [2.24, 2.45) is 5.92 Å². The van der Waals surface area contributed by atoms with Gasteiger partial charge in [-0.3, -0.25) is 0 Å². The van der Waals surface area contributed by atoms with Gasteiger partial charge in [0.05, 0.1) is 0 Å². The van der Waals surface area contributed by atoms with E-state index in [0.29, 0.717) is 0 Å². The Hall–Kier alpha value is -0.380. The maximum absolute atomic E-state index is 13.0. The first-order valence-corrected chi connectivity index (χ1v) is 7.58. The van der Waals surface area contributed by atoms with Crippen LogP contribution in [0.5, 0.6) is 0 Å². The first kappa shape index (κ1) is 15.6.